The Morgan fingerprint density at radius 3 is 2.45 bits per heavy atom. The van der Waals surface area contributed by atoms with Crippen LogP contribution in [0.2, 0.25) is 10.0 Å². The second kappa shape index (κ2) is 6.10. The highest BCUT2D eigenvalue weighted by Gasteiger charge is 2.31. The molecule has 2 N–H and O–H groups in total. The van der Waals surface area contributed by atoms with Gasteiger partial charge in [0.1, 0.15) is 4.90 Å². The zero-order chi connectivity index (χ0) is 14.9. The molecule has 0 spiro atoms. The molecular weight excluding hydrogens is 319 g/mol. The van der Waals surface area contributed by atoms with E-state index in [2.05, 4.69) is 0 Å². The summed E-state index contributed by atoms with van der Waals surface area (Å²) in [6.45, 7) is 2.74. The summed E-state index contributed by atoms with van der Waals surface area (Å²) < 4.78 is 26.9. The largest absolute Gasteiger partial charge is 0.398 e. The molecule has 1 fully saturated rings. The van der Waals surface area contributed by atoms with Crippen molar-refractivity contribution in [1.82, 2.24) is 4.31 Å². The predicted molar refractivity (Wildman–Crippen MR) is 82.6 cm³/mol. The van der Waals surface area contributed by atoms with Crippen LogP contribution in [0.4, 0.5) is 5.69 Å². The maximum atomic E-state index is 12.7. The zero-order valence-corrected chi connectivity index (χ0v) is 13.6. The normalized spacial score (nSPS) is 16.4. The van der Waals surface area contributed by atoms with Crippen molar-refractivity contribution in [2.45, 2.75) is 31.1 Å². The van der Waals surface area contributed by atoms with E-state index in [-0.39, 0.29) is 15.6 Å². The number of hydrogen-bond donors (Lipinski definition) is 1. The van der Waals surface area contributed by atoms with Gasteiger partial charge < -0.3 is 5.73 Å². The molecule has 0 radical (unpaired) electrons. The zero-order valence-electron chi connectivity index (χ0n) is 11.3. The van der Waals surface area contributed by atoms with Gasteiger partial charge in [0.25, 0.3) is 0 Å². The number of benzene rings is 1. The van der Waals surface area contributed by atoms with Crippen molar-refractivity contribution in [2.24, 2.45) is 5.92 Å². The number of halogens is 2. The van der Waals surface area contributed by atoms with Crippen molar-refractivity contribution in [2.75, 3.05) is 18.8 Å². The van der Waals surface area contributed by atoms with Crippen molar-refractivity contribution >= 4 is 38.9 Å². The van der Waals surface area contributed by atoms with Crippen molar-refractivity contribution in [3.63, 3.8) is 0 Å². The minimum Gasteiger partial charge on any atom is -0.398 e. The average Bonchev–Trinajstić information content (AvgIpc) is 2.24. The monoisotopic (exact) mass is 336 g/mol. The first-order valence-corrected chi connectivity index (χ1v) is 8.80. The van der Waals surface area contributed by atoms with Gasteiger partial charge in [0.2, 0.25) is 10.0 Å². The van der Waals surface area contributed by atoms with Crippen molar-refractivity contribution in [1.29, 1.82) is 0 Å². The Balaban J connectivity index is 2.37. The first-order chi connectivity index (χ1) is 9.36. The molecule has 0 unspecified atom stereocenters. The molecule has 2 rings (SSSR count). The fraction of sp³-hybridized carbons (Fsp3) is 0.538. The highest BCUT2D eigenvalue weighted by atomic mass is 35.5. The number of hydrogen-bond acceptors (Lipinski definition) is 3. The summed E-state index contributed by atoms with van der Waals surface area (Å²) in [5.74, 6) is 0.442. The minimum atomic E-state index is -3.68. The van der Waals surface area contributed by atoms with E-state index in [9.17, 15) is 8.42 Å². The summed E-state index contributed by atoms with van der Waals surface area (Å²) in [4.78, 5) is -0.0373. The quantitative estimate of drug-likeness (QED) is 0.838. The van der Waals surface area contributed by atoms with E-state index in [4.69, 9.17) is 28.9 Å². The van der Waals surface area contributed by atoms with Gasteiger partial charge in [-0.1, -0.05) is 36.5 Å². The summed E-state index contributed by atoms with van der Waals surface area (Å²) in [7, 11) is -3.68. The van der Waals surface area contributed by atoms with Crippen LogP contribution in [0.1, 0.15) is 26.2 Å². The predicted octanol–water partition coefficient (Wildman–Crippen LogP) is 3.39. The number of sulfonamides is 1. The van der Waals surface area contributed by atoms with Gasteiger partial charge in [0.15, 0.2) is 0 Å². The molecular formula is C13H18Cl2N2O2S. The third kappa shape index (κ3) is 3.06. The molecule has 112 valence electrons. The first-order valence-electron chi connectivity index (χ1n) is 6.61. The lowest BCUT2D eigenvalue weighted by atomic mass is 9.85. The minimum absolute atomic E-state index is 0.0373. The summed E-state index contributed by atoms with van der Waals surface area (Å²) in [6, 6.07) is 2.82. The molecule has 20 heavy (non-hydrogen) atoms. The van der Waals surface area contributed by atoms with Crippen LogP contribution in [-0.4, -0.2) is 25.8 Å². The van der Waals surface area contributed by atoms with Crippen LogP contribution in [0, 0.1) is 5.92 Å². The summed E-state index contributed by atoms with van der Waals surface area (Å²) >= 11 is 11.9. The maximum Gasteiger partial charge on any atom is 0.246 e. The topological polar surface area (TPSA) is 63.4 Å². The third-order valence-electron chi connectivity index (χ3n) is 3.67. The van der Waals surface area contributed by atoms with Crippen LogP contribution in [0.25, 0.3) is 0 Å². The van der Waals surface area contributed by atoms with Crippen molar-refractivity contribution in [3.8, 4) is 0 Å². The lowest BCUT2D eigenvalue weighted by Gasteiger charge is -2.31. The Kier molecular flexibility index (Phi) is 4.84. The van der Waals surface area contributed by atoms with Crippen LogP contribution in [0.15, 0.2) is 17.0 Å². The summed E-state index contributed by atoms with van der Waals surface area (Å²) in [6.07, 6.45) is 3.33. The Morgan fingerprint density at radius 1 is 1.35 bits per heavy atom. The van der Waals surface area contributed by atoms with Crippen LogP contribution in [0.5, 0.6) is 0 Å². The Hall–Kier alpha value is -0.490. The molecule has 7 heteroatoms. The average molecular weight is 337 g/mol. The van der Waals surface area contributed by atoms with Gasteiger partial charge in [-0.3, -0.25) is 0 Å². The van der Waals surface area contributed by atoms with E-state index in [0.717, 1.165) is 12.8 Å². The van der Waals surface area contributed by atoms with Gasteiger partial charge in [-0.05, 0) is 30.9 Å². The molecule has 0 atom stereocenters. The number of nitrogens with zero attached hydrogens (tertiary/aromatic N) is 1. The fourth-order valence-corrected chi connectivity index (χ4v) is 4.81. The van der Waals surface area contributed by atoms with Gasteiger partial charge in [0, 0.05) is 18.1 Å². The van der Waals surface area contributed by atoms with E-state index in [0.29, 0.717) is 24.0 Å². The number of nitrogen functional groups attached to an aromatic ring is 1. The lowest BCUT2D eigenvalue weighted by molar-refractivity contribution is 0.250. The van der Waals surface area contributed by atoms with E-state index in [1.807, 2.05) is 6.92 Å². The number of nitrogens with two attached hydrogens (primary N) is 1. The van der Waals surface area contributed by atoms with E-state index in [1.54, 1.807) is 0 Å². The fourth-order valence-electron chi connectivity index (χ4n) is 2.34. The maximum absolute atomic E-state index is 12.7. The Labute approximate surface area is 129 Å². The molecule has 0 saturated heterocycles. The van der Waals surface area contributed by atoms with E-state index < -0.39 is 10.0 Å². The standard InChI is InChI=1S/C13H18Cl2N2O2S/c1-2-17(8-9-4-3-5-9)20(18,19)13-11(15)6-10(14)7-12(13)16/h6-7,9H,2-5,8,16H2,1H3. The smallest absolute Gasteiger partial charge is 0.246 e. The van der Waals surface area contributed by atoms with Crippen LogP contribution >= 0.6 is 23.2 Å². The molecule has 1 aliphatic carbocycles. The van der Waals surface area contributed by atoms with Gasteiger partial charge in [-0.25, -0.2) is 8.42 Å². The van der Waals surface area contributed by atoms with Crippen LogP contribution in [-0.2, 0) is 10.0 Å². The molecule has 4 nitrogen and oxygen atoms in total. The van der Waals surface area contributed by atoms with Crippen molar-refractivity contribution in [3.05, 3.63) is 22.2 Å². The molecule has 0 aliphatic heterocycles. The Morgan fingerprint density at radius 2 is 2.00 bits per heavy atom. The second-order valence-electron chi connectivity index (χ2n) is 5.06. The van der Waals surface area contributed by atoms with Gasteiger partial charge in [-0.15, -0.1) is 0 Å². The third-order valence-corrected chi connectivity index (χ3v) is 6.36. The molecule has 1 aromatic rings. The van der Waals surface area contributed by atoms with Crippen LogP contribution in [0.3, 0.4) is 0 Å². The first kappa shape index (κ1) is 15.9. The molecule has 1 aromatic carbocycles. The molecule has 0 amide bonds. The highest BCUT2D eigenvalue weighted by Crippen LogP contribution is 2.35. The molecule has 1 saturated carbocycles. The molecule has 0 bridgehead atoms. The second-order valence-corrected chi connectivity index (χ2v) is 7.78. The van der Waals surface area contributed by atoms with Crippen molar-refractivity contribution < 1.29 is 8.42 Å². The van der Waals surface area contributed by atoms with Gasteiger partial charge >= 0.3 is 0 Å². The van der Waals surface area contributed by atoms with E-state index >= 15 is 0 Å². The highest BCUT2D eigenvalue weighted by molar-refractivity contribution is 7.89. The van der Waals surface area contributed by atoms with Gasteiger partial charge in [-0.2, -0.15) is 4.31 Å². The molecule has 0 aromatic heterocycles. The Bertz CT molecular complexity index is 577. The number of anilines is 1. The summed E-state index contributed by atoms with van der Waals surface area (Å²) in [5, 5.41) is 0.399. The molecule has 0 heterocycles. The van der Waals surface area contributed by atoms with Crippen LogP contribution < -0.4 is 5.73 Å². The SMILES string of the molecule is CCN(CC1CCC1)S(=O)(=O)c1c(N)cc(Cl)cc1Cl. The van der Waals surface area contributed by atoms with Gasteiger partial charge in [0.05, 0.1) is 10.7 Å². The van der Waals surface area contributed by atoms with E-state index in [1.165, 1.54) is 22.9 Å². The summed E-state index contributed by atoms with van der Waals surface area (Å²) in [5.41, 5.74) is 5.90. The number of rotatable bonds is 5. The lowest BCUT2D eigenvalue weighted by Crippen LogP contribution is -2.37. The molecule has 1 aliphatic rings.